The summed E-state index contributed by atoms with van der Waals surface area (Å²) in [6.45, 7) is 4.04. The molecule has 0 saturated carbocycles. The highest BCUT2D eigenvalue weighted by Crippen LogP contribution is 2.06. The minimum absolute atomic E-state index is 0.279. The highest BCUT2D eigenvalue weighted by Gasteiger charge is 2.10. The van der Waals surface area contributed by atoms with Crippen LogP contribution >= 0.6 is 0 Å². The van der Waals surface area contributed by atoms with Gasteiger partial charge in [0.1, 0.15) is 0 Å². The van der Waals surface area contributed by atoms with E-state index in [9.17, 15) is 9.59 Å². The van der Waals surface area contributed by atoms with Crippen LogP contribution in [0.4, 0.5) is 0 Å². The Bertz CT molecular complexity index is 662. The number of esters is 1. The molecule has 2 aromatic rings. The fraction of sp³-hybridized carbons (Fsp3) is 0.222. The molecule has 4 nitrogen and oxygen atoms in total. The van der Waals surface area contributed by atoms with Crippen LogP contribution in [0.3, 0.4) is 0 Å². The van der Waals surface area contributed by atoms with Crippen LogP contribution in [0.15, 0.2) is 48.5 Å². The van der Waals surface area contributed by atoms with Gasteiger partial charge >= 0.3 is 5.97 Å². The molecule has 0 saturated heterocycles. The Hall–Kier alpha value is -2.62. The molecule has 0 unspecified atom stereocenters. The van der Waals surface area contributed by atoms with Gasteiger partial charge in [-0.2, -0.15) is 0 Å². The molecule has 0 aliphatic rings. The average molecular weight is 297 g/mol. The van der Waals surface area contributed by atoms with Crippen LogP contribution in [0.2, 0.25) is 0 Å². The van der Waals surface area contributed by atoms with Gasteiger partial charge in [-0.3, -0.25) is 4.79 Å². The van der Waals surface area contributed by atoms with Crippen molar-refractivity contribution in [3.05, 3.63) is 70.8 Å². The second-order valence-corrected chi connectivity index (χ2v) is 5.21. The van der Waals surface area contributed by atoms with E-state index in [0.717, 1.165) is 11.1 Å². The van der Waals surface area contributed by atoms with Crippen LogP contribution in [0.5, 0.6) is 0 Å². The summed E-state index contributed by atoms with van der Waals surface area (Å²) < 4.78 is 5.00. The number of hydrogen-bond donors (Lipinski definition) is 1. The molecule has 0 aliphatic heterocycles. The molecule has 0 spiro atoms. The first kappa shape index (κ1) is 15.8. The highest BCUT2D eigenvalue weighted by atomic mass is 16.5. The average Bonchev–Trinajstić information content (AvgIpc) is 2.52. The second kappa shape index (κ2) is 7.41. The molecule has 1 amide bonds. The lowest BCUT2D eigenvalue weighted by atomic mass is 10.1. The first-order valence-electron chi connectivity index (χ1n) is 7.10. The smallest absolute Gasteiger partial charge is 0.338 e. The zero-order chi connectivity index (χ0) is 15.9. The Kier molecular flexibility index (Phi) is 5.31. The van der Waals surface area contributed by atoms with E-state index >= 15 is 0 Å². The van der Waals surface area contributed by atoms with Crippen LogP contribution in [0.1, 0.15) is 27.0 Å². The third-order valence-electron chi connectivity index (χ3n) is 3.20. The summed E-state index contributed by atoms with van der Waals surface area (Å²) >= 11 is 0. The monoisotopic (exact) mass is 297 g/mol. The van der Waals surface area contributed by atoms with Crippen molar-refractivity contribution in [3.8, 4) is 0 Å². The largest absolute Gasteiger partial charge is 0.452 e. The molecule has 2 rings (SSSR count). The summed E-state index contributed by atoms with van der Waals surface area (Å²) in [6, 6.07) is 14.9. The normalized spacial score (nSPS) is 10.1. The van der Waals surface area contributed by atoms with Gasteiger partial charge in [-0.25, -0.2) is 4.79 Å². The van der Waals surface area contributed by atoms with E-state index in [4.69, 9.17) is 4.74 Å². The van der Waals surface area contributed by atoms with E-state index in [1.54, 1.807) is 18.2 Å². The molecule has 114 valence electrons. The van der Waals surface area contributed by atoms with E-state index in [0.29, 0.717) is 12.1 Å². The predicted molar refractivity (Wildman–Crippen MR) is 84.5 cm³/mol. The first-order valence-corrected chi connectivity index (χ1v) is 7.10. The summed E-state index contributed by atoms with van der Waals surface area (Å²) in [5, 5.41) is 2.72. The number of ether oxygens (including phenoxy) is 1. The SMILES string of the molecule is Cc1ccc(CNC(=O)COC(=O)c2cccc(C)c2)cc1. The minimum Gasteiger partial charge on any atom is -0.452 e. The summed E-state index contributed by atoms with van der Waals surface area (Å²) in [7, 11) is 0. The fourth-order valence-corrected chi connectivity index (χ4v) is 1.94. The summed E-state index contributed by atoms with van der Waals surface area (Å²) in [5.74, 6) is -0.809. The molecule has 0 bridgehead atoms. The van der Waals surface area contributed by atoms with Gasteiger partial charge in [0.2, 0.25) is 0 Å². The third-order valence-corrected chi connectivity index (χ3v) is 3.20. The molecule has 0 fully saturated rings. The van der Waals surface area contributed by atoms with Crippen molar-refractivity contribution in [2.75, 3.05) is 6.61 Å². The zero-order valence-electron chi connectivity index (χ0n) is 12.8. The van der Waals surface area contributed by atoms with E-state index in [2.05, 4.69) is 5.32 Å². The molecule has 0 atom stereocenters. The number of benzene rings is 2. The van der Waals surface area contributed by atoms with E-state index in [-0.39, 0.29) is 12.5 Å². The summed E-state index contributed by atoms with van der Waals surface area (Å²) in [4.78, 5) is 23.5. The van der Waals surface area contributed by atoms with E-state index < -0.39 is 5.97 Å². The Morgan fingerprint density at radius 1 is 1.00 bits per heavy atom. The maximum atomic E-state index is 11.8. The number of carbonyl (C=O) groups is 2. The molecular weight excluding hydrogens is 278 g/mol. The quantitative estimate of drug-likeness (QED) is 0.863. The number of nitrogens with one attached hydrogen (secondary N) is 1. The van der Waals surface area contributed by atoms with Gasteiger partial charge in [-0.1, -0.05) is 47.5 Å². The van der Waals surface area contributed by atoms with Gasteiger partial charge in [0.15, 0.2) is 6.61 Å². The zero-order valence-corrected chi connectivity index (χ0v) is 12.8. The highest BCUT2D eigenvalue weighted by molar-refractivity contribution is 5.91. The maximum Gasteiger partial charge on any atom is 0.338 e. The van der Waals surface area contributed by atoms with Crippen LogP contribution in [0, 0.1) is 13.8 Å². The third kappa shape index (κ3) is 4.74. The van der Waals surface area contributed by atoms with Gasteiger partial charge in [-0.15, -0.1) is 0 Å². The molecule has 4 heteroatoms. The molecule has 2 aromatic carbocycles. The lowest BCUT2D eigenvalue weighted by Gasteiger charge is -2.07. The second-order valence-electron chi connectivity index (χ2n) is 5.21. The number of aryl methyl sites for hydroxylation is 2. The van der Waals surface area contributed by atoms with Gasteiger partial charge in [0.05, 0.1) is 5.56 Å². The van der Waals surface area contributed by atoms with Crippen LogP contribution in [-0.2, 0) is 16.1 Å². The van der Waals surface area contributed by atoms with Crippen LogP contribution < -0.4 is 5.32 Å². The Labute approximate surface area is 130 Å². The standard InChI is InChI=1S/C18H19NO3/c1-13-6-8-15(9-7-13)11-19-17(20)12-22-18(21)16-5-3-4-14(2)10-16/h3-10H,11-12H2,1-2H3,(H,19,20). The molecule has 0 heterocycles. The number of amides is 1. The summed E-state index contributed by atoms with van der Waals surface area (Å²) in [6.07, 6.45) is 0. The van der Waals surface area contributed by atoms with Crippen molar-refractivity contribution >= 4 is 11.9 Å². The Morgan fingerprint density at radius 2 is 1.73 bits per heavy atom. The lowest BCUT2D eigenvalue weighted by Crippen LogP contribution is -2.28. The van der Waals surface area contributed by atoms with E-state index in [1.165, 1.54) is 5.56 Å². The van der Waals surface area contributed by atoms with Gasteiger partial charge < -0.3 is 10.1 Å². The minimum atomic E-state index is -0.491. The van der Waals surface area contributed by atoms with Gasteiger partial charge in [-0.05, 0) is 31.5 Å². The fourth-order valence-electron chi connectivity index (χ4n) is 1.94. The molecule has 1 N–H and O–H groups in total. The molecular formula is C18H19NO3. The van der Waals surface area contributed by atoms with Crippen molar-refractivity contribution in [2.24, 2.45) is 0 Å². The van der Waals surface area contributed by atoms with Gasteiger partial charge in [0.25, 0.3) is 5.91 Å². The number of carbonyl (C=O) groups excluding carboxylic acids is 2. The summed E-state index contributed by atoms with van der Waals surface area (Å²) in [5.41, 5.74) is 3.59. The van der Waals surface area contributed by atoms with Gasteiger partial charge in [0, 0.05) is 6.54 Å². The van der Waals surface area contributed by atoms with Crippen molar-refractivity contribution < 1.29 is 14.3 Å². The topological polar surface area (TPSA) is 55.4 Å². The van der Waals surface area contributed by atoms with Crippen molar-refractivity contribution in [3.63, 3.8) is 0 Å². The number of hydrogen-bond acceptors (Lipinski definition) is 3. The molecule has 0 aromatic heterocycles. The molecule has 0 aliphatic carbocycles. The van der Waals surface area contributed by atoms with Crippen LogP contribution in [-0.4, -0.2) is 18.5 Å². The van der Waals surface area contributed by atoms with Crippen molar-refractivity contribution in [1.82, 2.24) is 5.32 Å². The molecule has 22 heavy (non-hydrogen) atoms. The first-order chi connectivity index (χ1) is 10.5. The molecule has 0 radical (unpaired) electrons. The Balaban J connectivity index is 1.78. The number of rotatable bonds is 5. The predicted octanol–water partition coefficient (Wildman–Crippen LogP) is 2.78. The maximum absolute atomic E-state index is 11.8. The van der Waals surface area contributed by atoms with E-state index in [1.807, 2.05) is 44.2 Å². The Morgan fingerprint density at radius 3 is 2.41 bits per heavy atom. The lowest BCUT2D eigenvalue weighted by molar-refractivity contribution is -0.124. The van der Waals surface area contributed by atoms with Crippen molar-refractivity contribution in [1.29, 1.82) is 0 Å². The van der Waals surface area contributed by atoms with Crippen LogP contribution in [0.25, 0.3) is 0 Å². The van der Waals surface area contributed by atoms with Crippen molar-refractivity contribution in [2.45, 2.75) is 20.4 Å².